The minimum Gasteiger partial charge on any atom is -0.330 e. The van der Waals surface area contributed by atoms with E-state index in [1.807, 2.05) is 0 Å². The predicted octanol–water partition coefficient (Wildman–Crippen LogP) is 3.26. The fraction of sp³-hybridized carbons (Fsp3) is 1.00. The molecule has 2 unspecified atom stereocenters. The molecule has 1 heterocycles. The van der Waals surface area contributed by atoms with Gasteiger partial charge in [-0.1, -0.05) is 0 Å². The van der Waals surface area contributed by atoms with Crippen molar-refractivity contribution in [2.45, 2.75) is 64.3 Å². The van der Waals surface area contributed by atoms with Gasteiger partial charge in [-0.05, 0) is 100 Å². The van der Waals surface area contributed by atoms with Crippen LogP contribution in [-0.2, 0) is 0 Å². The van der Waals surface area contributed by atoms with E-state index < -0.39 is 0 Å². The van der Waals surface area contributed by atoms with E-state index in [1.54, 1.807) is 38.5 Å². The minimum atomic E-state index is 0.686. The quantitative estimate of drug-likeness (QED) is 0.857. The monoisotopic (exact) mass is 276 g/mol. The molecule has 0 aromatic rings. The topological polar surface area (TPSA) is 29.3 Å². The van der Waals surface area contributed by atoms with Crippen molar-refractivity contribution in [1.82, 2.24) is 4.90 Å². The summed E-state index contributed by atoms with van der Waals surface area (Å²) >= 11 is 0. The SMILES string of the molecule is CC(N1CCCC(CN)C1)C12CC3CC(CC(C3)C1)C2. The Bertz CT molecular complexity index is 329. The molecule has 5 rings (SSSR count). The highest BCUT2D eigenvalue weighted by atomic mass is 15.2. The molecule has 4 bridgehead atoms. The van der Waals surface area contributed by atoms with Crippen LogP contribution < -0.4 is 5.73 Å². The van der Waals surface area contributed by atoms with E-state index in [0.29, 0.717) is 5.41 Å². The maximum Gasteiger partial charge on any atom is 0.0124 e. The van der Waals surface area contributed by atoms with Gasteiger partial charge >= 0.3 is 0 Å². The standard InChI is InChI=1S/C18H32N2/c1-13(20-4-2-3-14(11-19)12-20)18-8-15-5-16(9-18)7-17(6-15)10-18/h13-17H,2-12,19H2,1H3. The van der Waals surface area contributed by atoms with E-state index in [2.05, 4.69) is 11.8 Å². The van der Waals surface area contributed by atoms with E-state index in [-0.39, 0.29) is 0 Å². The second-order valence-electron chi connectivity index (χ2n) is 8.69. The van der Waals surface area contributed by atoms with Crippen LogP contribution in [0.1, 0.15) is 58.3 Å². The summed E-state index contributed by atoms with van der Waals surface area (Å²) in [6, 6.07) is 0.810. The summed E-state index contributed by atoms with van der Waals surface area (Å²) in [4.78, 5) is 2.83. The highest BCUT2D eigenvalue weighted by molar-refractivity contribution is 5.06. The van der Waals surface area contributed by atoms with Gasteiger partial charge in [-0.25, -0.2) is 0 Å². The van der Waals surface area contributed by atoms with Crippen molar-refractivity contribution in [3.05, 3.63) is 0 Å². The predicted molar refractivity (Wildman–Crippen MR) is 83.4 cm³/mol. The molecule has 2 nitrogen and oxygen atoms in total. The van der Waals surface area contributed by atoms with Crippen LogP contribution >= 0.6 is 0 Å². The van der Waals surface area contributed by atoms with Crippen LogP contribution in [0.2, 0.25) is 0 Å². The molecular weight excluding hydrogens is 244 g/mol. The number of hydrogen-bond acceptors (Lipinski definition) is 2. The van der Waals surface area contributed by atoms with Crippen molar-refractivity contribution in [3.8, 4) is 0 Å². The Morgan fingerprint density at radius 2 is 1.70 bits per heavy atom. The highest BCUT2D eigenvalue weighted by Crippen LogP contribution is 2.62. The summed E-state index contributed by atoms with van der Waals surface area (Å²) in [5.74, 6) is 4.01. The zero-order chi connectivity index (χ0) is 13.7. The third-order valence-corrected chi connectivity index (χ3v) is 7.40. The molecule has 0 radical (unpaired) electrons. The van der Waals surface area contributed by atoms with Crippen molar-refractivity contribution >= 4 is 0 Å². The molecular formula is C18H32N2. The average Bonchev–Trinajstić information content (AvgIpc) is 2.45. The zero-order valence-electron chi connectivity index (χ0n) is 13.2. The number of likely N-dealkylation sites (tertiary alicyclic amines) is 1. The molecule has 5 aliphatic rings. The van der Waals surface area contributed by atoms with Crippen molar-refractivity contribution in [3.63, 3.8) is 0 Å². The Morgan fingerprint density at radius 1 is 1.10 bits per heavy atom. The van der Waals surface area contributed by atoms with Gasteiger partial charge in [0.25, 0.3) is 0 Å². The lowest BCUT2D eigenvalue weighted by molar-refractivity contribution is -0.102. The van der Waals surface area contributed by atoms with E-state index in [4.69, 9.17) is 5.73 Å². The molecule has 20 heavy (non-hydrogen) atoms. The second-order valence-corrected chi connectivity index (χ2v) is 8.69. The van der Waals surface area contributed by atoms with Crippen LogP contribution in [0.3, 0.4) is 0 Å². The summed E-state index contributed by atoms with van der Waals surface area (Å²) in [6.45, 7) is 6.06. The first-order valence-electron chi connectivity index (χ1n) is 9.12. The van der Waals surface area contributed by atoms with Gasteiger partial charge in [-0.3, -0.25) is 4.90 Å². The maximum absolute atomic E-state index is 5.95. The molecule has 0 aromatic heterocycles. The third-order valence-electron chi connectivity index (χ3n) is 7.40. The minimum absolute atomic E-state index is 0.686. The lowest BCUT2D eigenvalue weighted by Gasteiger charge is -2.61. The third kappa shape index (κ3) is 2.14. The van der Waals surface area contributed by atoms with Crippen LogP contribution in [0.15, 0.2) is 0 Å². The molecule has 4 saturated carbocycles. The van der Waals surface area contributed by atoms with Gasteiger partial charge in [0.05, 0.1) is 0 Å². The fourth-order valence-electron chi connectivity index (χ4n) is 6.72. The summed E-state index contributed by atoms with van der Waals surface area (Å²) in [5.41, 5.74) is 6.63. The normalized spacial score (nSPS) is 49.5. The van der Waals surface area contributed by atoms with Crippen LogP contribution in [0.4, 0.5) is 0 Å². The molecule has 114 valence electrons. The molecule has 5 fully saturated rings. The molecule has 0 aromatic carbocycles. The Kier molecular flexibility index (Phi) is 3.38. The number of hydrogen-bond donors (Lipinski definition) is 1. The average molecular weight is 276 g/mol. The molecule has 2 atom stereocenters. The van der Waals surface area contributed by atoms with Crippen molar-refractivity contribution in [1.29, 1.82) is 0 Å². The van der Waals surface area contributed by atoms with Gasteiger partial charge in [-0.2, -0.15) is 0 Å². The fourth-order valence-corrected chi connectivity index (χ4v) is 6.72. The molecule has 1 saturated heterocycles. The number of nitrogens with zero attached hydrogens (tertiary/aromatic N) is 1. The van der Waals surface area contributed by atoms with Gasteiger partial charge in [-0.15, -0.1) is 0 Å². The zero-order valence-corrected chi connectivity index (χ0v) is 13.2. The summed E-state index contributed by atoms with van der Waals surface area (Å²) in [6.07, 6.45) is 12.1. The Balaban J connectivity index is 1.51. The van der Waals surface area contributed by atoms with Gasteiger partial charge in [0, 0.05) is 12.6 Å². The van der Waals surface area contributed by atoms with Crippen LogP contribution in [-0.4, -0.2) is 30.6 Å². The summed E-state index contributed by atoms with van der Waals surface area (Å²) in [5, 5.41) is 0. The maximum atomic E-state index is 5.95. The van der Waals surface area contributed by atoms with E-state index in [9.17, 15) is 0 Å². The Hall–Kier alpha value is -0.0800. The van der Waals surface area contributed by atoms with Crippen LogP contribution in [0, 0.1) is 29.1 Å². The van der Waals surface area contributed by atoms with E-state index >= 15 is 0 Å². The molecule has 2 heteroatoms. The summed E-state index contributed by atoms with van der Waals surface area (Å²) < 4.78 is 0. The smallest absolute Gasteiger partial charge is 0.0124 e. The van der Waals surface area contributed by atoms with Crippen molar-refractivity contribution in [2.24, 2.45) is 34.8 Å². The Morgan fingerprint density at radius 3 is 2.25 bits per heavy atom. The highest BCUT2D eigenvalue weighted by Gasteiger charge is 2.54. The first kappa shape index (κ1) is 13.6. The lowest BCUT2D eigenvalue weighted by atomic mass is 9.47. The molecule has 2 N–H and O–H groups in total. The van der Waals surface area contributed by atoms with Gasteiger partial charge in [0.1, 0.15) is 0 Å². The van der Waals surface area contributed by atoms with Crippen LogP contribution in [0.5, 0.6) is 0 Å². The van der Waals surface area contributed by atoms with E-state index in [0.717, 1.165) is 36.3 Å². The lowest BCUT2D eigenvalue weighted by Crippen LogP contribution is -2.57. The van der Waals surface area contributed by atoms with Crippen molar-refractivity contribution in [2.75, 3.05) is 19.6 Å². The van der Waals surface area contributed by atoms with Crippen molar-refractivity contribution < 1.29 is 0 Å². The van der Waals surface area contributed by atoms with Gasteiger partial charge in [0.2, 0.25) is 0 Å². The summed E-state index contributed by atoms with van der Waals surface area (Å²) in [7, 11) is 0. The first-order chi connectivity index (χ1) is 9.68. The second kappa shape index (κ2) is 4.98. The van der Waals surface area contributed by atoms with E-state index in [1.165, 1.54) is 25.9 Å². The molecule has 4 aliphatic carbocycles. The number of rotatable bonds is 3. The largest absolute Gasteiger partial charge is 0.330 e. The molecule has 0 amide bonds. The first-order valence-corrected chi connectivity index (χ1v) is 9.12. The van der Waals surface area contributed by atoms with Gasteiger partial charge < -0.3 is 5.73 Å². The molecule has 1 aliphatic heterocycles. The number of nitrogens with two attached hydrogens (primary N) is 1. The van der Waals surface area contributed by atoms with Crippen LogP contribution in [0.25, 0.3) is 0 Å². The Labute approximate surface area is 124 Å². The molecule has 0 spiro atoms. The number of piperidine rings is 1. The van der Waals surface area contributed by atoms with Gasteiger partial charge in [0.15, 0.2) is 0 Å².